The number of nitrogens with one attached hydrogen (secondary N) is 4. The van der Waals surface area contributed by atoms with Crippen LogP contribution in [0.5, 0.6) is 0 Å². The van der Waals surface area contributed by atoms with Crippen LogP contribution in [0.4, 0.5) is 13.2 Å². The summed E-state index contributed by atoms with van der Waals surface area (Å²) in [5.74, 6) is -1.32. The Hall–Kier alpha value is -7.89. The molecule has 89 heavy (non-hydrogen) atoms. The number of carboxylic acids is 1. The number of aryl methyl sites for hydroxylation is 3. The molecule has 13 nitrogen and oxygen atoms in total. The number of carboxylic acid groups (broad SMARTS) is 1. The van der Waals surface area contributed by atoms with Crippen molar-refractivity contribution in [2.45, 2.75) is 78.6 Å². The first-order valence-corrected chi connectivity index (χ1v) is 31.1. The molecule has 3 fully saturated rings. The van der Waals surface area contributed by atoms with E-state index in [4.69, 9.17) is 39.9 Å². The number of carbonyl (C=O) groups is 5. The highest BCUT2D eigenvalue weighted by Gasteiger charge is 2.30. The average Bonchev–Trinajstić information content (AvgIpc) is 1.63. The first-order valence-electron chi connectivity index (χ1n) is 30.0. The molecule has 0 aliphatic carbocycles. The number of likely N-dealkylation sites (N-methyl/N-ethyl adjacent to an activating group) is 1. The molecule has 0 spiro atoms. The number of hydrogen-bond donors (Lipinski definition) is 5. The zero-order valence-corrected chi connectivity index (χ0v) is 52.8. The van der Waals surface area contributed by atoms with Crippen LogP contribution in [0.2, 0.25) is 15.1 Å². The number of aromatic amines is 3. The summed E-state index contributed by atoms with van der Waals surface area (Å²) in [5.41, 5.74) is 9.79. The van der Waals surface area contributed by atoms with Gasteiger partial charge in [0.05, 0.1) is 37.3 Å². The van der Waals surface area contributed by atoms with Gasteiger partial charge in [-0.2, -0.15) is 0 Å². The van der Waals surface area contributed by atoms with Gasteiger partial charge in [-0.05, 0) is 211 Å². The first-order chi connectivity index (χ1) is 42.6. The Bertz CT molecular complexity index is 4010. The highest BCUT2D eigenvalue weighted by molar-refractivity contribution is 6.45. The highest BCUT2D eigenvalue weighted by Crippen LogP contribution is 2.33. The van der Waals surface area contributed by atoms with Crippen molar-refractivity contribution < 1.29 is 46.5 Å². The Morgan fingerprint density at radius 3 is 1.29 bits per heavy atom. The summed E-state index contributed by atoms with van der Waals surface area (Å²) in [7, 11) is 3.05. The maximum absolute atomic E-state index is 13.3. The van der Waals surface area contributed by atoms with E-state index in [1.807, 2.05) is 67.3 Å². The van der Waals surface area contributed by atoms with Crippen molar-refractivity contribution in [1.82, 2.24) is 35.0 Å². The number of ketones is 1. The van der Waals surface area contributed by atoms with Crippen LogP contribution >= 0.6 is 34.8 Å². The number of nitrogens with zero attached hydrogens (tertiary/aromatic N) is 3. The molecule has 3 aromatic heterocycles. The molecule has 472 valence electrons. The summed E-state index contributed by atoms with van der Waals surface area (Å²) in [6.45, 7) is 10.5. The van der Waals surface area contributed by atoms with Gasteiger partial charge in [0.2, 0.25) is 0 Å². The molecule has 6 heterocycles. The Labute approximate surface area is 535 Å². The fourth-order valence-electron chi connectivity index (χ4n) is 12.0. The van der Waals surface area contributed by atoms with E-state index in [1.54, 1.807) is 60.4 Å². The second-order valence-electron chi connectivity index (χ2n) is 23.7. The molecule has 3 amide bonds. The van der Waals surface area contributed by atoms with E-state index < -0.39 is 17.7 Å². The van der Waals surface area contributed by atoms with Crippen molar-refractivity contribution in [1.29, 1.82) is 0 Å². The van der Waals surface area contributed by atoms with E-state index in [1.165, 1.54) is 61.7 Å². The molecule has 3 aliphatic heterocycles. The molecule has 5 N–H and O–H groups in total. The number of H-pyrrole nitrogens is 3. The Kier molecular flexibility index (Phi) is 21.8. The van der Waals surface area contributed by atoms with E-state index in [2.05, 4.69) is 20.3 Å². The van der Waals surface area contributed by atoms with Crippen molar-refractivity contribution >= 4 is 97.0 Å². The van der Waals surface area contributed by atoms with Crippen LogP contribution in [0.1, 0.15) is 118 Å². The number of benzene rings is 6. The summed E-state index contributed by atoms with van der Waals surface area (Å²) in [6.07, 6.45) is 8.95. The standard InChI is InChI=1S/C26H27ClFN3O3.C22H22ClFN2O.C12H16FN.C10H8ClNO2.3H2/c1-15-23(24(32)26(34)30(2)3)20-13-19(21(27)14-22(20)29-15)25(33)31-10-8-17(9-11-31)12-16-4-6-18(28)7-5-16;1-14-10-17-12-19(20(23)13-21(17)25-14)22(27)26-8-6-16(7-9-26)11-15-2-4-18(24)5-3-15;13-12-3-1-10(2-4-12)9-11-5-7-14-8-6-11;1-5-2-6-3-7(10(13)14)8(11)4-9(6)12-5;;;/h4-7,13-14,17,29H,8-12H2,1-3H3;2-5,10,12-13,16,25H,6-9,11H2,1H3;1-4,11,14H,5-9H2;2-4,12H,1H3,(H,13,14);3*1H. The number of piperidine rings is 3. The summed E-state index contributed by atoms with van der Waals surface area (Å²) in [4.78, 5) is 76.5. The summed E-state index contributed by atoms with van der Waals surface area (Å²) in [5, 5.41) is 15.6. The number of fused-ring (bicyclic) bond motifs is 3. The fourth-order valence-corrected chi connectivity index (χ4v) is 12.7. The van der Waals surface area contributed by atoms with E-state index in [9.17, 15) is 37.1 Å². The van der Waals surface area contributed by atoms with Crippen LogP contribution in [0.3, 0.4) is 0 Å². The number of aromatic nitrogens is 3. The van der Waals surface area contributed by atoms with Gasteiger partial charge in [-0.25, -0.2) is 18.0 Å². The van der Waals surface area contributed by atoms with Crippen LogP contribution < -0.4 is 5.32 Å². The van der Waals surface area contributed by atoms with Gasteiger partial charge in [-0.3, -0.25) is 19.2 Å². The van der Waals surface area contributed by atoms with Gasteiger partial charge in [-0.1, -0.05) is 71.2 Å². The van der Waals surface area contributed by atoms with E-state index in [0.717, 1.165) is 121 Å². The minimum absolute atomic E-state index is 0. The zero-order chi connectivity index (χ0) is 63.6. The number of likely N-dealkylation sites (tertiary alicyclic amines) is 2. The molecule has 12 rings (SSSR count). The molecule has 0 unspecified atom stereocenters. The topological polar surface area (TPSA) is 175 Å². The molecule has 6 aromatic carbocycles. The summed E-state index contributed by atoms with van der Waals surface area (Å²) < 4.78 is 38.8. The number of Topliss-reactive ketones (excluding diaryl/α,β-unsaturated/α-hetero) is 1. The molecular formula is C70H79Cl3F3N7O6. The molecule has 0 radical (unpaired) electrons. The summed E-state index contributed by atoms with van der Waals surface area (Å²) >= 11 is 18.6. The second kappa shape index (κ2) is 29.6. The maximum atomic E-state index is 13.3. The Morgan fingerprint density at radius 1 is 0.517 bits per heavy atom. The molecule has 3 aliphatic rings. The maximum Gasteiger partial charge on any atom is 0.337 e. The minimum Gasteiger partial charge on any atom is -0.478 e. The molecule has 0 saturated carbocycles. The van der Waals surface area contributed by atoms with Gasteiger partial charge in [0.25, 0.3) is 23.5 Å². The number of aromatic carboxylic acids is 1. The van der Waals surface area contributed by atoms with Crippen molar-refractivity contribution in [3.63, 3.8) is 0 Å². The lowest BCUT2D eigenvalue weighted by Crippen LogP contribution is -2.39. The average molecular weight is 1280 g/mol. The fraction of sp³-hybridized carbons (Fsp3) is 0.329. The number of rotatable bonds is 11. The molecular weight excluding hydrogens is 1200 g/mol. The predicted molar refractivity (Wildman–Crippen MR) is 354 cm³/mol. The smallest absolute Gasteiger partial charge is 0.337 e. The molecule has 9 aromatic rings. The quantitative estimate of drug-likeness (QED) is 0.0633. The second-order valence-corrected chi connectivity index (χ2v) is 25.0. The van der Waals surface area contributed by atoms with Crippen LogP contribution in [0.15, 0.2) is 121 Å². The van der Waals surface area contributed by atoms with Gasteiger partial charge in [0.15, 0.2) is 0 Å². The lowest BCUT2D eigenvalue weighted by atomic mass is 9.90. The zero-order valence-electron chi connectivity index (χ0n) is 50.5. The van der Waals surface area contributed by atoms with Gasteiger partial charge in [-0.15, -0.1) is 0 Å². The number of hydrogen-bond acceptors (Lipinski definition) is 6. The van der Waals surface area contributed by atoms with Gasteiger partial charge in [0.1, 0.15) is 17.5 Å². The molecule has 0 bridgehead atoms. The van der Waals surface area contributed by atoms with Crippen molar-refractivity contribution in [3.05, 3.63) is 210 Å². The number of carbonyl (C=O) groups excluding carboxylic acids is 4. The van der Waals surface area contributed by atoms with Crippen LogP contribution in [0.25, 0.3) is 32.7 Å². The van der Waals surface area contributed by atoms with Gasteiger partial charge < -0.3 is 40.1 Å². The van der Waals surface area contributed by atoms with Crippen molar-refractivity contribution in [3.8, 4) is 0 Å². The van der Waals surface area contributed by atoms with Crippen LogP contribution in [-0.2, 0) is 24.1 Å². The van der Waals surface area contributed by atoms with Crippen LogP contribution in [-0.4, -0.2) is 118 Å². The summed E-state index contributed by atoms with van der Waals surface area (Å²) in [6, 6.07) is 34.3. The lowest BCUT2D eigenvalue weighted by Gasteiger charge is -2.32. The largest absolute Gasteiger partial charge is 0.478 e. The SMILES string of the molecule is Cc1[nH]c2cc(Cl)c(C(=O)N3CCC(Cc4ccc(F)cc4)CC3)cc2c1C(=O)C(=O)N(C)C.Cc1cc2cc(C(=O)N3CCC(Cc4ccc(F)cc4)CC3)c(Cl)cc2[nH]1.Cc1cc2cc(C(=O)O)c(Cl)cc2[nH]1.Fc1ccc(CC2CCNCC2)cc1.[HH].[HH].[HH]. The number of amides is 3. The minimum atomic E-state index is -1.00. The third-order valence-electron chi connectivity index (χ3n) is 16.9. The van der Waals surface area contributed by atoms with Gasteiger partial charge >= 0.3 is 5.97 Å². The van der Waals surface area contributed by atoms with E-state index >= 15 is 0 Å². The highest BCUT2D eigenvalue weighted by atomic mass is 35.5. The third kappa shape index (κ3) is 16.9. The molecule has 0 atom stereocenters. The van der Waals surface area contributed by atoms with Crippen LogP contribution in [0, 0.1) is 56.0 Å². The number of halogens is 6. The van der Waals surface area contributed by atoms with Crippen molar-refractivity contribution in [2.24, 2.45) is 17.8 Å². The normalized spacial score (nSPS) is 14.8. The first kappa shape index (κ1) is 65.6. The Morgan fingerprint density at radius 2 is 0.888 bits per heavy atom. The molecule has 19 heteroatoms. The lowest BCUT2D eigenvalue weighted by molar-refractivity contribution is -0.124. The van der Waals surface area contributed by atoms with Gasteiger partial charge in [0, 0.05) is 94.3 Å². The van der Waals surface area contributed by atoms with E-state index in [-0.39, 0.29) is 49.7 Å². The van der Waals surface area contributed by atoms with E-state index in [0.29, 0.717) is 62.7 Å². The van der Waals surface area contributed by atoms with Crippen molar-refractivity contribution in [2.75, 3.05) is 53.4 Å². The predicted octanol–water partition coefficient (Wildman–Crippen LogP) is 15.9. The monoisotopic (exact) mass is 1280 g/mol. The molecule has 3 saturated heterocycles. The third-order valence-corrected chi connectivity index (χ3v) is 17.8. The Balaban J connectivity index is 0.000000206.